The van der Waals surface area contributed by atoms with Crippen LogP contribution in [0.4, 0.5) is 0 Å². The van der Waals surface area contributed by atoms with E-state index in [9.17, 15) is 0 Å². The van der Waals surface area contributed by atoms with Gasteiger partial charge in [0.15, 0.2) is 0 Å². The van der Waals surface area contributed by atoms with Crippen molar-refractivity contribution in [2.45, 2.75) is 39.0 Å². The minimum atomic E-state index is -1.72. The molecule has 0 spiro atoms. The van der Waals surface area contributed by atoms with Crippen molar-refractivity contribution in [1.82, 2.24) is 0 Å². The van der Waals surface area contributed by atoms with Crippen LogP contribution in [0.3, 0.4) is 0 Å². The van der Waals surface area contributed by atoms with Gasteiger partial charge in [-0.1, -0.05) is 80.3 Å². The quantitative estimate of drug-likeness (QED) is 0.189. The molecule has 0 heterocycles. The van der Waals surface area contributed by atoms with E-state index in [0.717, 1.165) is 19.0 Å². The molecule has 2 heteroatoms. The van der Waals surface area contributed by atoms with Gasteiger partial charge in [-0.05, 0) is 42.8 Å². The molecule has 0 unspecified atom stereocenters. The Morgan fingerprint density at radius 3 is 1.41 bits per heavy atom. The molecule has 0 atom stereocenters. The van der Waals surface area contributed by atoms with E-state index in [1.807, 2.05) is 0 Å². The van der Waals surface area contributed by atoms with Gasteiger partial charge < -0.3 is 24.0 Å². The van der Waals surface area contributed by atoms with Crippen LogP contribution >= 0.6 is 7.26 Å². The van der Waals surface area contributed by atoms with Gasteiger partial charge in [0, 0.05) is 12.8 Å². The number of hydrogen-bond donors (Lipinski definition) is 0. The van der Waals surface area contributed by atoms with Gasteiger partial charge in [-0.15, -0.1) is 5.92 Å². The Morgan fingerprint density at radius 2 is 1.00 bits per heavy atom. The van der Waals surface area contributed by atoms with Crippen LogP contribution in [-0.2, 0) is 0 Å². The Balaban J connectivity index is 0.00000300. The molecule has 3 aromatic carbocycles. The molecule has 3 aromatic rings. The first-order chi connectivity index (χ1) is 13.9. The fraction of sp³-hybridized carbons (Fsp3) is 0.259. The normalized spacial score (nSPS) is 10.5. The minimum Gasteiger partial charge on any atom is -1.00 e. The maximum atomic E-state index is 3.49. The Hall–Kier alpha value is -1.62. The van der Waals surface area contributed by atoms with Crippen LogP contribution < -0.4 is 39.9 Å². The summed E-state index contributed by atoms with van der Waals surface area (Å²) in [4.78, 5) is 0. The summed E-state index contributed by atoms with van der Waals surface area (Å²) < 4.78 is 0. The van der Waals surface area contributed by atoms with Crippen molar-refractivity contribution in [3.8, 4) is 11.8 Å². The summed E-state index contributed by atoms with van der Waals surface area (Å²) in [7, 11) is -1.72. The second-order valence-corrected chi connectivity index (χ2v) is 10.7. The van der Waals surface area contributed by atoms with Gasteiger partial charge in [-0.2, -0.15) is 0 Å². The average Bonchev–Trinajstić information content (AvgIpc) is 2.78. The molecule has 0 fully saturated rings. The molecule has 29 heavy (non-hydrogen) atoms. The van der Waals surface area contributed by atoms with Crippen LogP contribution in [0.1, 0.15) is 39.0 Å². The molecule has 0 saturated heterocycles. The molecular weight excluding hydrogens is 482 g/mol. The summed E-state index contributed by atoms with van der Waals surface area (Å²) in [5.74, 6) is 6.90. The summed E-state index contributed by atoms with van der Waals surface area (Å²) in [6, 6.07) is 33.2. The lowest BCUT2D eigenvalue weighted by molar-refractivity contribution is -0.00000557. The highest BCUT2D eigenvalue weighted by Crippen LogP contribution is 2.55. The zero-order valence-electron chi connectivity index (χ0n) is 17.2. The molecule has 0 bridgehead atoms. The van der Waals surface area contributed by atoms with E-state index < -0.39 is 7.26 Å². The Bertz CT molecular complexity index is 783. The second-order valence-electron chi connectivity index (χ2n) is 7.10. The first kappa shape index (κ1) is 23.7. The third kappa shape index (κ3) is 6.18. The molecule has 0 saturated carbocycles. The van der Waals surface area contributed by atoms with E-state index in [1.165, 1.54) is 35.2 Å². The second kappa shape index (κ2) is 12.8. The highest BCUT2D eigenvalue weighted by Gasteiger charge is 2.44. The van der Waals surface area contributed by atoms with Gasteiger partial charge in [0.2, 0.25) is 0 Å². The van der Waals surface area contributed by atoms with Crippen molar-refractivity contribution in [3.05, 3.63) is 91.0 Å². The van der Waals surface area contributed by atoms with Crippen LogP contribution in [0.2, 0.25) is 0 Å². The van der Waals surface area contributed by atoms with Crippen LogP contribution in [0.5, 0.6) is 0 Å². The summed E-state index contributed by atoms with van der Waals surface area (Å²) in [5.41, 5.74) is 0. The van der Waals surface area contributed by atoms with Crippen LogP contribution in [0.25, 0.3) is 0 Å². The molecule has 0 nitrogen and oxygen atoms in total. The molecule has 0 aromatic heterocycles. The Morgan fingerprint density at radius 1 is 0.586 bits per heavy atom. The Kier molecular flexibility index (Phi) is 10.5. The van der Waals surface area contributed by atoms with Crippen molar-refractivity contribution < 1.29 is 24.0 Å². The standard InChI is InChI=1S/C27H30P.HI/c1-2-3-4-5-6-7-17-24-28(25-18-11-8-12-19-25,26-20-13-9-14-21-26)27-22-15-10-16-23-27;/h8-16,18-23H,2-5,17,24H2,1H3;1H/q+1;/p-1. The van der Waals surface area contributed by atoms with Gasteiger partial charge in [-0.3, -0.25) is 0 Å². The third-order valence-corrected chi connectivity index (χ3v) is 9.63. The molecule has 0 N–H and O–H groups in total. The zero-order chi connectivity index (χ0) is 19.5. The number of hydrogen-bond acceptors (Lipinski definition) is 0. The average molecular weight is 512 g/mol. The van der Waals surface area contributed by atoms with Crippen molar-refractivity contribution in [1.29, 1.82) is 0 Å². The van der Waals surface area contributed by atoms with Crippen LogP contribution in [0, 0.1) is 11.8 Å². The van der Waals surface area contributed by atoms with Gasteiger partial charge in [0.25, 0.3) is 0 Å². The van der Waals surface area contributed by atoms with Crippen molar-refractivity contribution in [2.75, 3.05) is 6.16 Å². The predicted octanol–water partition coefficient (Wildman–Crippen LogP) is 2.96. The molecule has 150 valence electrons. The van der Waals surface area contributed by atoms with E-state index in [1.54, 1.807) is 0 Å². The van der Waals surface area contributed by atoms with Crippen molar-refractivity contribution in [2.24, 2.45) is 0 Å². The van der Waals surface area contributed by atoms with Gasteiger partial charge in [0.1, 0.15) is 23.2 Å². The maximum Gasteiger partial charge on any atom is 0.113 e. The lowest BCUT2D eigenvalue weighted by Gasteiger charge is -2.27. The molecule has 0 aliphatic heterocycles. The lowest BCUT2D eigenvalue weighted by Crippen LogP contribution is -3.00. The number of unbranched alkanes of at least 4 members (excludes halogenated alkanes) is 3. The molecular formula is C27H30IP. The highest BCUT2D eigenvalue weighted by atomic mass is 127. The van der Waals surface area contributed by atoms with E-state index in [4.69, 9.17) is 0 Å². The topological polar surface area (TPSA) is 0 Å². The molecule has 0 amide bonds. The molecule has 0 aliphatic rings. The van der Waals surface area contributed by atoms with E-state index in [0.29, 0.717) is 0 Å². The number of benzene rings is 3. The zero-order valence-corrected chi connectivity index (χ0v) is 20.3. The number of rotatable bonds is 8. The largest absolute Gasteiger partial charge is 1.00 e. The van der Waals surface area contributed by atoms with Gasteiger partial charge in [0.05, 0.1) is 6.16 Å². The first-order valence-electron chi connectivity index (χ1n) is 10.4. The van der Waals surface area contributed by atoms with E-state index in [2.05, 4.69) is 110 Å². The SMILES string of the molecule is CCCCCC#CCC[P+](c1ccccc1)(c1ccccc1)c1ccccc1.[I-]. The van der Waals surface area contributed by atoms with Crippen LogP contribution in [0.15, 0.2) is 91.0 Å². The molecule has 0 radical (unpaired) electrons. The van der Waals surface area contributed by atoms with E-state index >= 15 is 0 Å². The molecule has 0 aliphatic carbocycles. The number of halogens is 1. The monoisotopic (exact) mass is 512 g/mol. The van der Waals surface area contributed by atoms with Crippen LogP contribution in [-0.4, -0.2) is 6.16 Å². The third-order valence-electron chi connectivity index (χ3n) is 5.19. The summed E-state index contributed by atoms with van der Waals surface area (Å²) >= 11 is 0. The molecule has 3 rings (SSSR count). The first-order valence-corrected chi connectivity index (χ1v) is 12.4. The summed E-state index contributed by atoms with van der Waals surface area (Å²) in [5, 5.41) is 4.33. The maximum absolute atomic E-state index is 3.49. The van der Waals surface area contributed by atoms with Gasteiger partial charge >= 0.3 is 0 Å². The summed E-state index contributed by atoms with van der Waals surface area (Å²) in [6.07, 6.45) is 6.82. The summed E-state index contributed by atoms with van der Waals surface area (Å²) in [6.45, 7) is 2.24. The lowest BCUT2D eigenvalue weighted by atomic mass is 10.2. The van der Waals surface area contributed by atoms with Crippen molar-refractivity contribution >= 4 is 23.2 Å². The Labute approximate surface area is 194 Å². The van der Waals surface area contributed by atoms with Gasteiger partial charge in [-0.25, -0.2) is 0 Å². The fourth-order valence-electron chi connectivity index (χ4n) is 3.75. The highest BCUT2D eigenvalue weighted by molar-refractivity contribution is 7.95. The smallest absolute Gasteiger partial charge is 0.113 e. The minimum absolute atomic E-state index is 0. The fourth-order valence-corrected chi connectivity index (χ4v) is 7.91. The van der Waals surface area contributed by atoms with E-state index in [-0.39, 0.29) is 24.0 Å². The predicted molar refractivity (Wildman–Crippen MR) is 127 cm³/mol. The van der Waals surface area contributed by atoms with Crippen molar-refractivity contribution in [3.63, 3.8) is 0 Å².